The normalized spacial score (nSPS) is 22.3. The third-order valence-electron chi connectivity index (χ3n) is 10.2. The fourth-order valence-corrected chi connectivity index (χ4v) is 9.10. The molecule has 4 aromatic rings. The summed E-state index contributed by atoms with van der Waals surface area (Å²) in [5, 5.41) is 0. The maximum atomic E-state index is 14.7. The van der Waals surface area contributed by atoms with E-state index in [9.17, 15) is 17.8 Å². The molecule has 238 valence electrons. The zero-order valence-corrected chi connectivity index (χ0v) is 27.3. The van der Waals surface area contributed by atoms with Crippen molar-refractivity contribution in [2.45, 2.75) is 87.5 Å². The predicted octanol–water partition coefficient (Wildman–Crippen LogP) is 8.33. The molecule has 2 atom stereocenters. The lowest BCUT2D eigenvalue weighted by Gasteiger charge is -2.50. The molecule has 2 unspecified atom stereocenters. The average Bonchev–Trinajstić information content (AvgIpc) is 3.05. The van der Waals surface area contributed by atoms with Gasteiger partial charge in [-0.2, -0.15) is 0 Å². The van der Waals surface area contributed by atoms with Crippen LogP contribution in [0.3, 0.4) is 0 Å². The minimum Gasteiger partial charge on any atom is -0.744 e. The van der Waals surface area contributed by atoms with Crippen LogP contribution in [0.5, 0.6) is 11.5 Å². The van der Waals surface area contributed by atoms with Gasteiger partial charge in [0.25, 0.3) is 0 Å². The van der Waals surface area contributed by atoms with Gasteiger partial charge in [-0.25, -0.2) is 8.42 Å². The maximum Gasteiger partial charge on any atom is 0.315 e. The van der Waals surface area contributed by atoms with Crippen LogP contribution in [0.1, 0.15) is 109 Å². The molecule has 1 fully saturated rings. The zero-order valence-electron chi connectivity index (χ0n) is 26.4. The second-order valence-corrected chi connectivity index (χ2v) is 14.7. The lowest BCUT2D eigenvalue weighted by Crippen LogP contribution is -2.44. The van der Waals surface area contributed by atoms with Crippen molar-refractivity contribution in [2.75, 3.05) is 0 Å². The van der Waals surface area contributed by atoms with E-state index in [0.29, 0.717) is 11.1 Å². The standard InChI is InChI=1S/C39H40O6S/c1-23(2)31-22-33(24(3)21-34(31)46(41,42)43)45-39(40)38-36-28-17-9-7-15-26(28)35(27-16-8-10-18-29(27)36)37(38)30-19-11-12-20-32(30)44-25-13-5-4-6-14-25/h7-12,15-23,25,35-38H,4-6,13-14H2,1-3H3,(H,41,42,43)/p-1. The second-order valence-electron chi connectivity index (χ2n) is 13.4. The summed E-state index contributed by atoms with van der Waals surface area (Å²) in [5.41, 5.74) is 6.46. The van der Waals surface area contributed by atoms with Crippen molar-refractivity contribution in [3.8, 4) is 11.5 Å². The van der Waals surface area contributed by atoms with Crippen LogP contribution in [0.15, 0.2) is 89.8 Å². The van der Waals surface area contributed by atoms with E-state index in [1.807, 2.05) is 44.2 Å². The van der Waals surface area contributed by atoms with Crippen molar-refractivity contribution in [3.05, 3.63) is 124 Å². The predicted molar refractivity (Wildman–Crippen MR) is 176 cm³/mol. The first-order chi connectivity index (χ1) is 22.1. The Balaban J connectivity index is 1.37. The first-order valence-electron chi connectivity index (χ1n) is 16.4. The van der Waals surface area contributed by atoms with Gasteiger partial charge < -0.3 is 14.0 Å². The summed E-state index contributed by atoms with van der Waals surface area (Å²) in [6.45, 7) is 5.31. The lowest BCUT2D eigenvalue weighted by molar-refractivity contribution is -0.141. The fraction of sp³-hybridized carbons (Fsp3) is 0.359. The molecule has 4 aromatic carbocycles. The van der Waals surface area contributed by atoms with Crippen LogP contribution >= 0.6 is 0 Å². The number of aryl methyl sites for hydroxylation is 1. The van der Waals surface area contributed by atoms with Crippen molar-refractivity contribution >= 4 is 16.1 Å². The highest BCUT2D eigenvalue weighted by Crippen LogP contribution is 2.62. The molecule has 6 nitrogen and oxygen atoms in total. The van der Waals surface area contributed by atoms with Gasteiger partial charge in [0.15, 0.2) is 0 Å². The number of ether oxygens (including phenoxy) is 2. The summed E-state index contributed by atoms with van der Waals surface area (Å²) >= 11 is 0. The quantitative estimate of drug-likeness (QED) is 0.115. The molecular weight excluding hydrogens is 596 g/mol. The number of hydrogen-bond acceptors (Lipinski definition) is 6. The molecule has 0 N–H and O–H groups in total. The van der Waals surface area contributed by atoms with Gasteiger partial charge in [-0.05, 0) is 95.7 Å². The molecule has 8 rings (SSSR count). The van der Waals surface area contributed by atoms with E-state index in [2.05, 4.69) is 42.5 Å². The number of benzene rings is 4. The molecule has 0 aromatic heterocycles. The number of rotatable bonds is 7. The Kier molecular flexibility index (Phi) is 8.02. The average molecular weight is 636 g/mol. The topological polar surface area (TPSA) is 92.7 Å². The Morgan fingerprint density at radius 3 is 1.87 bits per heavy atom. The molecule has 46 heavy (non-hydrogen) atoms. The minimum absolute atomic E-state index is 0.0913. The van der Waals surface area contributed by atoms with Gasteiger partial charge in [-0.3, -0.25) is 4.79 Å². The molecule has 4 aliphatic rings. The van der Waals surface area contributed by atoms with E-state index in [0.717, 1.165) is 48.1 Å². The molecule has 0 saturated heterocycles. The molecule has 0 heterocycles. The molecule has 7 heteroatoms. The summed E-state index contributed by atoms with van der Waals surface area (Å²) in [6.07, 6.45) is 5.73. The Labute approximate surface area is 271 Å². The van der Waals surface area contributed by atoms with Gasteiger partial charge in [0.2, 0.25) is 0 Å². The van der Waals surface area contributed by atoms with Crippen LogP contribution < -0.4 is 9.47 Å². The largest absolute Gasteiger partial charge is 0.744 e. The highest BCUT2D eigenvalue weighted by atomic mass is 32.2. The van der Waals surface area contributed by atoms with Crippen LogP contribution in [-0.2, 0) is 14.9 Å². The van der Waals surface area contributed by atoms with E-state index in [1.54, 1.807) is 13.0 Å². The molecular formula is C39H39O6S-. The van der Waals surface area contributed by atoms with Crippen molar-refractivity contribution in [2.24, 2.45) is 5.92 Å². The second kappa shape index (κ2) is 12.0. The number of carbonyl (C=O) groups is 1. The third kappa shape index (κ3) is 5.33. The van der Waals surface area contributed by atoms with Gasteiger partial charge >= 0.3 is 5.97 Å². The Morgan fingerprint density at radius 1 is 0.761 bits per heavy atom. The highest BCUT2D eigenvalue weighted by Gasteiger charge is 2.54. The number of carbonyl (C=O) groups excluding carboxylic acids is 1. The number of para-hydroxylation sites is 1. The Hall–Kier alpha value is -3.94. The van der Waals surface area contributed by atoms with Crippen LogP contribution in [0.2, 0.25) is 0 Å². The minimum atomic E-state index is -4.71. The first kappa shape index (κ1) is 30.7. The molecule has 0 radical (unpaired) electrons. The van der Waals surface area contributed by atoms with E-state index in [1.165, 1.54) is 23.6 Å². The number of fused-ring (bicyclic) bond motifs is 1. The van der Waals surface area contributed by atoms with E-state index in [4.69, 9.17) is 9.47 Å². The van der Waals surface area contributed by atoms with Gasteiger partial charge in [0, 0.05) is 17.8 Å². The summed E-state index contributed by atoms with van der Waals surface area (Å²) in [5.74, 6) is -0.721. The molecule has 0 spiro atoms. The summed E-state index contributed by atoms with van der Waals surface area (Å²) in [6, 6.07) is 27.9. The first-order valence-corrected chi connectivity index (χ1v) is 17.8. The summed E-state index contributed by atoms with van der Waals surface area (Å²) in [7, 11) is -4.71. The van der Waals surface area contributed by atoms with Crippen LogP contribution in [0.4, 0.5) is 0 Å². The van der Waals surface area contributed by atoms with Crippen molar-refractivity contribution in [1.82, 2.24) is 0 Å². The third-order valence-corrected chi connectivity index (χ3v) is 11.1. The monoisotopic (exact) mass is 635 g/mol. The number of hydrogen-bond donors (Lipinski definition) is 0. The fourth-order valence-electron chi connectivity index (χ4n) is 8.19. The highest BCUT2D eigenvalue weighted by molar-refractivity contribution is 7.85. The van der Waals surface area contributed by atoms with E-state index < -0.39 is 16.0 Å². The van der Waals surface area contributed by atoms with Crippen molar-refractivity contribution in [1.29, 1.82) is 0 Å². The lowest BCUT2D eigenvalue weighted by atomic mass is 9.52. The molecule has 4 aliphatic carbocycles. The van der Waals surface area contributed by atoms with E-state index >= 15 is 0 Å². The van der Waals surface area contributed by atoms with Crippen molar-refractivity contribution in [3.63, 3.8) is 0 Å². The van der Waals surface area contributed by atoms with Crippen LogP contribution in [-0.4, -0.2) is 25.0 Å². The van der Waals surface area contributed by atoms with Crippen LogP contribution in [0.25, 0.3) is 0 Å². The molecule has 0 aliphatic heterocycles. The summed E-state index contributed by atoms with van der Waals surface area (Å²) < 4.78 is 49.4. The van der Waals surface area contributed by atoms with Gasteiger partial charge in [-0.15, -0.1) is 0 Å². The van der Waals surface area contributed by atoms with Crippen LogP contribution in [0, 0.1) is 12.8 Å². The van der Waals surface area contributed by atoms with Crippen molar-refractivity contribution < 1.29 is 27.2 Å². The number of esters is 1. The Bertz CT molecular complexity index is 1860. The molecule has 0 amide bonds. The van der Waals surface area contributed by atoms with Gasteiger partial charge in [0.05, 0.1) is 16.9 Å². The van der Waals surface area contributed by atoms with Gasteiger partial charge in [0.1, 0.15) is 21.6 Å². The van der Waals surface area contributed by atoms with E-state index in [-0.39, 0.29) is 46.4 Å². The smallest absolute Gasteiger partial charge is 0.315 e. The zero-order chi connectivity index (χ0) is 32.2. The SMILES string of the molecule is Cc1cc(S(=O)(=O)[O-])c(C(C)C)cc1OC(=O)C1C2c3ccccc3C(c3ccccc32)C1c1ccccc1OC1CCCCC1. The maximum absolute atomic E-state index is 14.7. The van der Waals surface area contributed by atoms with Gasteiger partial charge in [-0.1, -0.05) is 87.0 Å². The summed E-state index contributed by atoms with van der Waals surface area (Å²) in [4.78, 5) is 14.5. The molecule has 1 saturated carbocycles. The molecule has 2 bridgehead atoms. The Morgan fingerprint density at radius 2 is 1.30 bits per heavy atom.